The zero-order chi connectivity index (χ0) is 17.6. The van der Waals surface area contributed by atoms with Crippen LogP contribution in [0.25, 0.3) is 11.3 Å². The van der Waals surface area contributed by atoms with Crippen molar-refractivity contribution in [3.63, 3.8) is 0 Å². The summed E-state index contributed by atoms with van der Waals surface area (Å²) in [6.45, 7) is 2.04. The van der Waals surface area contributed by atoms with E-state index < -0.39 is 0 Å². The number of aryl methyl sites for hydroxylation is 1. The predicted molar refractivity (Wildman–Crippen MR) is 95.8 cm³/mol. The molecule has 2 N–H and O–H groups in total. The number of methoxy groups -OCH3 is 1. The number of pyridine rings is 2. The molecule has 0 aliphatic heterocycles. The molecule has 0 aliphatic carbocycles. The summed E-state index contributed by atoms with van der Waals surface area (Å²) in [6, 6.07) is 7.26. The van der Waals surface area contributed by atoms with E-state index in [0.717, 1.165) is 34.5 Å². The normalized spacial score (nSPS) is 10.0. The fourth-order valence-corrected chi connectivity index (χ4v) is 2.30. The SMILES string of the molecule is CCc1ncnc(-c2ccc(OC)nc2)c1C#Cc1ccc(N)nc1. The van der Waals surface area contributed by atoms with E-state index in [9.17, 15) is 0 Å². The maximum Gasteiger partial charge on any atom is 0.212 e. The maximum absolute atomic E-state index is 5.61. The summed E-state index contributed by atoms with van der Waals surface area (Å²) in [7, 11) is 1.58. The molecule has 3 rings (SSSR count). The molecule has 3 heterocycles. The van der Waals surface area contributed by atoms with Gasteiger partial charge in [0.05, 0.1) is 24.1 Å². The van der Waals surface area contributed by atoms with Crippen LogP contribution in [-0.2, 0) is 6.42 Å². The second kappa shape index (κ2) is 7.41. The van der Waals surface area contributed by atoms with Gasteiger partial charge in [-0.05, 0) is 24.6 Å². The number of ether oxygens (including phenoxy) is 1. The fourth-order valence-electron chi connectivity index (χ4n) is 2.30. The molecule has 6 nitrogen and oxygen atoms in total. The summed E-state index contributed by atoms with van der Waals surface area (Å²) in [5, 5.41) is 0. The highest BCUT2D eigenvalue weighted by Gasteiger charge is 2.11. The average molecular weight is 331 g/mol. The zero-order valence-electron chi connectivity index (χ0n) is 14.0. The van der Waals surface area contributed by atoms with Crippen molar-refractivity contribution in [2.75, 3.05) is 12.8 Å². The van der Waals surface area contributed by atoms with Crippen LogP contribution >= 0.6 is 0 Å². The Bertz CT molecular complexity index is 925. The Labute approximate surface area is 146 Å². The standard InChI is InChI=1S/C19H17N5O/c1-3-16-15(7-4-13-5-8-17(20)21-10-13)19(24-12-23-16)14-6-9-18(25-2)22-11-14/h5-6,8-12H,3H2,1-2H3,(H2,20,21). The number of nitrogen functional groups attached to an aromatic ring is 1. The van der Waals surface area contributed by atoms with Crippen molar-refractivity contribution in [3.05, 3.63) is 59.8 Å². The number of hydrogen-bond donors (Lipinski definition) is 1. The second-order valence-corrected chi connectivity index (χ2v) is 5.21. The number of nitrogens with two attached hydrogens (primary N) is 1. The number of rotatable bonds is 3. The molecule has 0 amide bonds. The van der Waals surface area contributed by atoms with Gasteiger partial charge in [0, 0.05) is 29.6 Å². The maximum atomic E-state index is 5.61. The first-order valence-corrected chi connectivity index (χ1v) is 7.79. The van der Waals surface area contributed by atoms with Gasteiger partial charge >= 0.3 is 0 Å². The van der Waals surface area contributed by atoms with Crippen LogP contribution in [0.1, 0.15) is 23.7 Å². The molecule has 0 bridgehead atoms. The third-order valence-corrected chi connectivity index (χ3v) is 3.60. The molecule has 6 heteroatoms. The van der Waals surface area contributed by atoms with Gasteiger partial charge in [0.1, 0.15) is 12.1 Å². The van der Waals surface area contributed by atoms with Crippen molar-refractivity contribution in [2.24, 2.45) is 0 Å². The molecule has 25 heavy (non-hydrogen) atoms. The first-order chi connectivity index (χ1) is 12.2. The second-order valence-electron chi connectivity index (χ2n) is 5.21. The van der Waals surface area contributed by atoms with Gasteiger partial charge in [-0.15, -0.1) is 0 Å². The van der Waals surface area contributed by atoms with Crippen LogP contribution in [-0.4, -0.2) is 27.0 Å². The molecule has 0 aliphatic rings. The van der Waals surface area contributed by atoms with Crippen molar-refractivity contribution in [3.8, 4) is 29.0 Å². The van der Waals surface area contributed by atoms with Crippen molar-refractivity contribution in [1.82, 2.24) is 19.9 Å². The van der Waals surface area contributed by atoms with E-state index in [4.69, 9.17) is 10.5 Å². The molecular formula is C19H17N5O. The van der Waals surface area contributed by atoms with E-state index in [1.165, 1.54) is 0 Å². The van der Waals surface area contributed by atoms with Crippen molar-refractivity contribution in [2.45, 2.75) is 13.3 Å². The smallest absolute Gasteiger partial charge is 0.212 e. The largest absolute Gasteiger partial charge is 0.481 e. The first kappa shape index (κ1) is 16.4. The third kappa shape index (κ3) is 3.72. The third-order valence-electron chi connectivity index (χ3n) is 3.60. The Morgan fingerprint density at radius 3 is 2.52 bits per heavy atom. The van der Waals surface area contributed by atoms with Gasteiger partial charge in [0.15, 0.2) is 0 Å². The van der Waals surface area contributed by atoms with Gasteiger partial charge in [-0.1, -0.05) is 18.8 Å². The van der Waals surface area contributed by atoms with Gasteiger partial charge < -0.3 is 10.5 Å². The summed E-state index contributed by atoms with van der Waals surface area (Å²) in [5.74, 6) is 7.30. The number of nitrogens with zero attached hydrogens (tertiary/aromatic N) is 4. The lowest BCUT2D eigenvalue weighted by molar-refractivity contribution is 0.398. The number of anilines is 1. The van der Waals surface area contributed by atoms with E-state index in [1.807, 2.05) is 19.1 Å². The van der Waals surface area contributed by atoms with Crippen molar-refractivity contribution >= 4 is 5.82 Å². The molecule has 0 radical (unpaired) electrons. The summed E-state index contributed by atoms with van der Waals surface area (Å²) in [5.41, 5.74) is 9.66. The van der Waals surface area contributed by atoms with Gasteiger partial charge in [-0.2, -0.15) is 0 Å². The minimum atomic E-state index is 0.466. The molecule has 3 aromatic heterocycles. The van der Waals surface area contributed by atoms with Crippen LogP contribution in [0.5, 0.6) is 5.88 Å². The molecule has 0 saturated carbocycles. The van der Waals surface area contributed by atoms with E-state index in [2.05, 4.69) is 31.8 Å². The highest BCUT2D eigenvalue weighted by atomic mass is 16.5. The van der Waals surface area contributed by atoms with Gasteiger partial charge in [-0.3, -0.25) is 0 Å². The van der Waals surface area contributed by atoms with E-state index in [0.29, 0.717) is 11.7 Å². The number of hydrogen-bond acceptors (Lipinski definition) is 6. The summed E-state index contributed by atoms with van der Waals surface area (Å²) in [4.78, 5) is 17.1. The van der Waals surface area contributed by atoms with Crippen LogP contribution in [0.2, 0.25) is 0 Å². The van der Waals surface area contributed by atoms with Crippen LogP contribution in [0, 0.1) is 11.8 Å². The van der Waals surface area contributed by atoms with Crippen LogP contribution in [0.3, 0.4) is 0 Å². The molecule has 3 aromatic rings. The molecule has 124 valence electrons. The van der Waals surface area contributed by atoms with E-state index in [-0.39, 0.29) is 0 Å². The minimum Gasteiger partial charge on any atom is -0.481 e. The van der Waals surface area contributed by atoms with E-state index >= 15 is 0 Å². The number of aromatic nitrogens is 4. The highest BCUT2D eigenvalue weighted by molar-refractivity contribution is 5.68. The topological polar surface area (TPSA) is 86.8 Å². The Kier molecular flexibility index (Phi) is 4.86. The molecule has 0 aromatic carbocycles. The lowest BCUT2D eigenvalue weighted by atomic mass is 10.0. The molecular weight excluding hydrogens is 314 g/mol. The first-order valence-electron chi connectivity index (χ1n) is 7.79. The zero-order valence-corrected chi connectivity index (χ0v) is 14.0. The lowest BCUT2D eigenvalue weighted by Gasteiger charge is -2.07. The summed E-state index contributed by atoms with van der Waals surface area (Å²) in [6.07, 6.45) is 5.67. The highest BCUT2D eigenvalue weighted by Crippen LogP contribution is 2.23. The summed E-state index contributed by atoms with van der Waals surface area (Å²) < 4.78 is 5.11. The summed E-state index contributed by atoms with van der Waals surface area (Å²) >= 11 is 0. The predicted octanol–water partition coefficient (Wildman–Crippen LogP) is 2.49. The van der Waals surface area contributed by atoms with Crippen LogP contribution in [0.4, 0.5) is 5.82 Å². The Morgan fingerprint density at radius 2 is 1.88 bits per heavy atom. The molecule has 0 unspecified atom stereocenters. The fraction of sp³-hybridized carbons (Fsp3) is 0.158. The molecule has 0 saturated heterocycles. The molecule has 0 spiro atoms. The average Bonchev–Trinajstić information content (AvgIpc) is 2.67. The van der Waals surface area contributed by atoms with Crippen LogP contribution in [0.15, 0.2) is 43.0 Å². The quantitative estimate of drug-likeness (QED) is 0.742. The Hall–Kier alpha value is -3.46. The minimum absolute atomic E-state index is 0.466. The van der Waals surface area contributed by atoms with Gasteiger partial charge in [0.2, 0.25) is 5.88 Å². The monoisotopic (exact) mass is 331 g/mol. The Balaban J connectivity index is 2.06. The van der Waals surface area contributed by atoms with Crippen LogP contribution < -0.4 is 10.5 Å². The molecule has 0 atom stereocenters. The van der Waals surface area contributed by atoms with Gasteiger partial charge in [0.25, 0.3) is 0 Å². The van der Waals surface area contributed by atoms with Gasteiger partial charge in [-0.25, -0.2) is 19.9 Å². The Morgan fingerprint density at radius 1 is 1.00 bits per heavy atom. The van der Waals surface area contributed by atoms with E-state index in [1.54, 1.807) is 38.0 Å². The van der Waals surface area contributed by atoms with Crippen molar-refractivity contribution in [1.29, 1.82) is 0 Å². The van der Waals surface area contributed by atoms with Crippen molar-refractivity contribution < 1.29 is 4.74 Å². The molecule has 0 fully saturated rings. The lowest BCUT2D eigenvalue weighted by Crippen LogP contribution is -1.99.